The van der Waals surface area contributed by atoms with Crippen LogP contribution in [0.2, 0.25) is 0 Å². The van der Waals surface area contributed by atoms with Crippen LogP contribution in [0.25, 0.3) is 0 Å². The molecule has 67 heavy (non-hydrogen) atoms. The van der Waals surface area contributed by atoms with Crippen LogP contribution in [-0.4, -0.2) is 37.2 Å². The van der Waals surface area contributed by atoms with Gasteiger partial charge in [-0.15, -0.1) is 0 Å². The third kappa shape index (κ3) is 53.7. The van der Waals surface area contributed by atoms with Crippen molar-refractivity contribution in [3.63, 3.8) is 0 Å². The maximum absolute atomic E-state index is 12.8. The van der Waals surface area contributed by atoms with Crippen molar-refractivity contribution >= 4 is 17.9 Å². The van der Waals surface area contributed by atoms with E-state index in [1.54, 1.807) is 0 Å². The molecule has 0 bridgehead atoms. The molecule has 0 saturated carbocycles. The Morgan fingerprint density at radius 3 is 0.970 bits per heavy atom. The van der Waals surface area contributed by atoms with Gasteiger partial charge in [-0.25, -0.2) is 0 Å². The predicted octanol–water partition coefficient (Wildman–Crippen LogP) is 19.0. The smallest absolute Gasteiger partial charge is 0.306 e. The van der Waals surface area contributed by atoms with E-state index in [0.717, 1.165) is 109 Å². The lowest BCUT2D eigenvalue weighted by Gasteiger charge is -2.18. The summed E-state index contributed by atoms with van der Waals surface area (Å²) in [6.45, 7) is 6.47. The van der Waals surface area contributed by atoms with Crippen molar-refractivity contribution in [1.29, 1.82) is 0 Å². The third-order valence-corrected chi connectivity index (χ3v) is 12.2. The van der Waals surface area contributed by atoms with Crippen LogP contribution in [0.15, 0.2) is 72.9 Å². The van der Waals surface area contributed by atoms with E-state index >= 15 is 0 Å². The lowest BCUT2D eigenvalue weighted by molar-refractivity contribution is -0.167. The Morgan fingerprint density at radius 2 is 0.597 bits per heavy atom. The summed E-state index contributed by atoms with van der Waals surface area (Å²) in [6, 6.07) is 0. The summed E-state index contributed by atoms with van der Waals surface area (Å²) in [5, 5.41) is 0. The average Bonchev–Trinajstić information content (AvgIpc) is 3.33. The number of rotatable bonds is 51. The van der Waals surface area contributed by atoms with Gasteiger partial charge in [-0.3, -0.25) is 14.4 Å². The van der Waals surface area contributed by atoms with Gasteiger partial charge < -0.3 is 14.2 Å². The summed E-state index contributed by atoms with van der Waals surface area (Å²) < 4.78 is 16.8. The van der Waals surface area contributed by atoms with Gasteiger partial charge in [0.05, 0.1) is 0 Å². The molecule has 6 heteroatoms. The van der Waals surface area contributed by atoms with Gasteiger partial charge in [-0.05, 0) is 103 Å². The van der Waals surface area contributed by atoms with E-state index in [9.17, 15) is 14.4 Å². The van der Waals surface area contributed by atoms with Crippen LogP contribution < -0.4 is 0 Å². The summed E-state index contributed by atoms with van der Waals surface area (Å²) >= 11 is 0. The molecule has 0 saturated heterocycles. The van der Waals surface area contributed by atoms with Crippen LogP contribution in [-0.2, 0) is 28.6 Å². The highest BCUT2D eigenvalue weighted by Crippen LogP contribution is 2.15. The molecule has 0 aromatic heterocycles. The molecule has 6 nitrogen and oxygen atoms in total. The van der Waals surface area contributed by atoms with E-state index < -0.39 is 6.10 Å². The number of ether oxygens (including phenoxy) is 3. The first kappa shape index (κ1) is 63.8. The van der Waals surface area contributed by atoms with Gasteiger partial charge in [-0.1, -0.05) is 229 Å². The molecule has 0 heterocycles. The van der Waals surface area contributed by atoms with Gasteiger partial charge in [0.25, 0.3) is 0 Å². The quantitative estimate of drug-likeness (QED) is 0.0262. The Bertz CT molecular complexity index is 1260. The lowest BCUT2D eigenvalue weighted by Crippen LogP contribution is -2.30. The molecule has 0 aromatic rings. The predicted molar refractivity (Wildman–Crippen MR) is 288 cm³/mol. The molecule has 0 aliphatic heterocycles. The Balaban J connectivity index is 4.32. The van der Waals surface area contributed by atoms with Crippen molar-refractivity contribution in [3.8, 4) is 0 Å². The van der Waals surface area contributed by atoms with E-state index in [1.165, 1.54) is 128 Å². The number of unbranched alkanes of at least 4 members (excludes halogenated alkanes) is 28. The number of carbonyl (C=O) groups excluding carboxylic acids is 3. The normalized spacial score (nSPS) is 12.6. The number of hydrogen-bond acceptors (Lipinski definition) is 6. The van der Waals surface area contributed by atoms with E-state index in [0.29, 0.717) is 19.3 Å². The minimum Gasteiger partial charge on any atom is -0.462 e. The molecule has 0 rings (SSSR count). The average molecular weight is 936 g/mol. The van der Waals surface area contributed by atoms with Crippen molar-refractivity contribution in [1.82, 2.24) is 0 Å². The fourth-order valence-corrected chi connectivity index (χ4v) is 7.88. The Hall–Kier alpha value is -3.15. The van der Waals surface area contributed by atoms with Crippen LogP contribution in [0.5, 0.6) is 0 Å². The van der Waals surface area contributed by atoms with E-state index in [-0.39, 0.29) is 31.1 Å². The number of carbonyl (C=O) groups is 3. The molecule has 1 atom stereocenters. The van der Waals surface area contributed by atoms with Crippen molar-refractivity contribution in [2.45, 2.75) is 284 Å². The molecular formula is C61H106O6. The molecule has 0 spiro atoms. The first-order valence-electron chi connectivity index (χ1n) is 28.4. The molecule has 0 N–H and O–H groups in total. The molecule has 0 radical (unpaired) electrons. The van der Waals surface area contributed by atoms with Gasteiger partial charge in [0.1, 0.15) is 13.2 Å². The van der Waals surface area contributed by atoms with E-state index in [4.69, 9.17) is 14.2 Å². The summed E-state index contributed by atoms with van der Waals surface area (Å²) in [5.74, 6) is -0.916. The first-order chi connectivity index (χ1) is 33.0. The highest BCUT2D eigenvalue weighted by Gasteiger charge is 2.19. The molecule has 0 aliphatic carbocycles. The largest absolute Gasteiger partial charge is 0.462 e. The second-order valence-electron chi connectivity index (χ2n) is 18.8. The van der Waals surface area contributed by atoms with Crippen LogP contribution >= 0.6 is 0 Å². The third-order valence-electron chi connectivity index (χ3n) is 12.2. The first-order valence-corrected chi connectivity index (χ1v) is 28.4. The fraction of sp³-hybridized carbons (Fsp3) is 0.754. The fourth-order valence-electron chi connectivity index (χ4n) is 7.88. The number of esters is 3. The van der Waals surface area contributed by atoms with Crippen molar-refractivity contribution in [3.05, 3.63) is 72.9 Å². The molecule has 0 fully saturated rings. The number of allylic oxidation sites excluding steroid dienone is 12. The molecule has 386 valence electrons. The van der Waals surface area contributed by atoms with Gasteiger partial charge in [0.2, 0.25) is 0 Å². The maximum Gasteiger partial charge on any atom is 0.306 e. The molecule has 0 aromatic carbocycles. The van der Waals surface area contributed by atoms with Crippen LogP contribution in [0.4, 0.5) is 0 Å². The molecule has 0 unspecified atom stereocenters. The van der Waals surface area contributed by atoms with Crippen molar-refractivity contribution in [2.75, 3.05) is 13.2 Å². The minimum absolute atomic E-state index is 0.0864. The Kier molecular flexibility index (Phi) is 52.8. The van der Waals surface area contributed by atoms with Crippen LogP contribution in [0.3, 0.4) is 0 Å². The highest BCUT2D eigenvalue weighted by molar-refractivity contribution is 5.71. The molecular weight excluding hydrogens is 829 g/mol. The maximum atomic E-state index is 12.8. The highest BCUT2D eigenvalue weighted by atomic mass is 16.6. The second-order valence-corrected chi connectivity index (χ2v) is 18.8. The summed E-state index contributed by atoms with van der Waals surface area (Å²) in [5.41, 5.74) is 0. The van der Waals surface area contributed by atoms with Gasteiger partial charge in [0, 0.05) is 19.3 Å². The zero-order valence-electron chi connectivity index (χ0n) is 44.2. The Labute approximate surface area is 414 Å². The summed E-state index contributed by atoms with van der Waals surface area (Å²) in [4.78, 5) is 38.1. The second kappa shape index (κ2) is 55.4. The van der Waals surface area contributed by atoms with Gasteiger partial charge >= 0.3 is 17.9 Å². The number of hydrogen-bond donors (Lipinski definition) is 0. The standard InChI is InChI=1S/C61H106O6/c1-4-7-10-13-16-19-22-24-26-28-29-30-31-33-35-37-40-42-45-48-51-54-60(63)66-57-58(67-61(64)55-52-49-46-43-38-21-18-15-12-9-6-3)56-65-59(62)53-50-47-44-41-39-36-34-32-27-25-23-20-17-14-11-8-5-2/h8,11,15,17-18,20,24-27,34,36,58H,4-7,9-10,12-14,16,19,21-23,28-33,35,37-57H2,1-3H3/b11-8-,18-15-,20-17-,26-24-,27-25-,36-34-/t58-/m1/s1. The van der Waals surface area contributed by atoms with E-state index in [1.807, 2.05) is 0 Å². The van der Waals surface area contributed by atoms with Crippen LogP contribution in [0.1, 0.15) is 278 Å². The van der Waals surface area contributed by atoms with E-state index in [2.05, 4.69) is 93.7 Å². The van der Waals surface area contributed by atoms with Crippen LogP contribution in [0, 0.1) is 0 Å². The summed E-state index contributed by atoms with van der Waals surface area (Å²) in [7, 11) is 0. The lowest BCUT2D eigenvalue weighted by atomic mass is 10.0. The van der Waals surface area contributed by atoms with Crippen molar-refractivity contribution in [2.24, 2.45) is 0 Å². The molecule has 0 amide bonds. The topological polar surface area (TPSA) is 78.9 Å². The zero-order chi connectivity index (χ0) is 48.6. The van der Waals surface area contributed by atoms with Gasteiger partial charge in [-0.2, -0.15) is 0 Å². The minimum atomic E-state index is -0.789. The van der Waals surface area contributed by atoms with Crippen molar-refractivity contribution < 1.29 is 28.6 Å². The monoisotopic (exact) mass is 935 g/mol. The summed E-state index contributed by atoms with van der Waals surface area (Å²) in [6.07, 6.45) is 70.4. The zero-order valence-corrected chi connectivity index (χ0v) is 44.2. The SMILES string of the molecule is CC/C=C\C/C=C\C/C=C\C/C=C\CCCCCCC(=O)OC[C@H](COC(=O)CCCCCCCCCCCCC/C=C\CCCCCCCC)OC(=O)CCCCCCC/C=C\CCCC. The molecule has 0 aliphatic rings. The van der Waals surface area contributed by atoms with Gasteiger partial charge in [0.15, 0.2) is 6.10 Å². The Morgan fingerprint density at radius 1 is 0.313 bits per heavy atom.